The Morgan fingerprint density at radius 3 is 2.50 bits per heavy atom. The summed E-state index contributed by atoms with van der Waals surface area (Å²) >= 11 is 0. The number of hydrogen-bond acceptors (Lipinski definition) is 6. The highest BCUT2D eigenvalue weighted by atomic mass is 16.7. The minimum atomic E-state index is -1.06. The van der Waals surface area contributed by atoms with Crippen molar-refractivity contribution < 1.29 is 33.5 Å². The second kappa shape index (κ2) is 10.1. The van der Waals surface area contributed by atoms with E-state index in [1.807, 2.05) is 58.0 Å². The van der Waals surface area contributed by atoms with Gasteiger partial charge in [0, 0.05) is 6.54 Å². The normalized spacial score (nSPS) is 22.9. The van der Waals surface area contributed by atoms with Crippen molar-refractivity contribution in [3.05, 3.63) is 35.9 Å². The highest BCUT2D eigenvalue weighted by molar-refractivity contribution is 6.48. The molecule has 0 unspecified atom stereocenters. The van der Waals surface area contributed by atoms with Gasteiger partial charge < -0.3 is 29.2 Å². The van der Waals surface area contributed by atoms with Crippen LogP contribution in [0.15, 0.2) is 30.3 Å². The van der Waals surface area contributed by atoms with E-state index in [4.69, 9.17) is 18.8 Å². The molecule has 2 aliphatic heterocycles. The number of aryl methyl sites for hydroxylation is 1. The van der Waals surface area contributed by atoms with Crippen LogP contribution >= 0.6 is 0 Å². The fourth-order valence-corrected chi connectivity index (χ4v) is 3.71. The molecular weight excluding hydrogens is 415 g/mol. The number of hydrogen-bond donors (Lipinski definition) is 2. The minimum Gasteiger partial charge on any atom is -0.465 e. The van der Waals surface area contributed by atoms with Crippen LogP contribution in [0.2, 0.25) is 0 Å². The molecule has 2 amide bonds. The lowest BCUT2D eigenvalue weighted by Crippen LogP contribution is -2.52. The van der Waals surface area contributed by atoms with E-state index in [1.165, 1.54) is 4.90 Å². The van der Waals surface area contributed by atoms with E-state index < -0.39 is 42.5 Å². The molecule has 3 rings (SSSR count). The lowest BCUT2D eigenvalue weighted by molar-refractivity contribution is -0.0218. The van der Waals surface area contributed by atoms with Gasteiger partial charge in [-0.3, -0.25) is 4.90 Å². The van der Waals surface area contributed by atoms with Gasteiger partial charge in [-0.15, -0.1) is 0 Å². The second-order valence-electron chi connectivity index (χ2n) is 9.20. The first kappa shape index (κ1) is 24.3. The third kappa shape index (κ3) is 5.93. The van der Waals surface area contributed by atoms with Gasteiger partial charge in [-0.2, -0.15) is 0 Å². The number of carbonyl (C=O) groups excluding carboxylic acids is 1. The molecule has 2 aliphatic rings. The molecule has 32 heavy (non-hydrogen) atoms. The summed E-state index contributed by atoms with van der Waals surface area (Å²) in [6.07, 6.45) is -0.392. The van der Waals surface area contributed by atoms with E-state index in [0.717, 1.165) is 12.0 Å². The van der Waals surface area contributed by atoms with Crippen LogP contribution in [-0.4, -0.2) is 78.9 Å². The molecule has 176 valence electrons. The van der Waals surface area contributed by atoms with Gasteiger partial charge in [-0.25, -0.2) is 9.59 Å². The number of morpholine rings is 1. The summed E-state index contributed by atoms with van der Waals surface area (Å²) in [6.45, 7) is 8.52. The molecule has 1 aromatic carbocycles. The monoisotopic (exact) mass is 448 g/mol. The Morgan fingerprint density at radius 1 is 1.22 bits per heavy atom. The third-order valence-corrected chi connectivity index (χ3v) is 6.37. The smallest absolute Gasteiger partial charge is 0.465 e. The summed E-state index contributed by atoms with van der Waals surface area (Å²) in [7, 11) is -0.634. The Kier molecular flexibility index (Phi) is 7.69. The van der Waals surface area contributed by atoms with Crippen molar-refractivity contribution in [3.63, 3.8) is 0 Å². The Bertz CT molecular complexity index is 774. The molecule has 2 saturated heterocycles. The molecule has 10 heteroatoms. The Labute approximate surface area is 189 Å². The first-order valence-electron chi connectivity index (χ1n) is 11.0. The molecule has 0 bridgehead atoms. The van der Waals surface area contributed by atoms with E-state index >= 15 is 0 Å². The zero-order valence-corrected chi connectivity index (χ0v) is 19.2. The number of amides is 2. The molecule has 9 nitrogen and oxygen atoms in total. The van der Waals surface area contributed by atoms with Crippen molar-refractivity contribution in [2.24, 2.45) is 0 Å². The number of ether oxygens (including phenoxy) is 2. The maximum atomic E-state index is 12.6. The van der Waals surface area contributed by atoms with E-state index in [9.17, 15) is 14.7 Å². The largest absolute Gasteiger partial charge is 0.482 e. The van der Waals surface area contributed by atoms with Gasteiger partial charge in [0.25, 0.3) is 0 Å². The lowest BCUT2D eigenvalue weighted by Gasteiger charge is -2.33. The number of carboxylic acid groups (broad SMARTS) is 1. The lowest BCUT2D eigenvalue weighted by atomic mass is 9.75. The summed E-state index contributed by atoms with van der Waals surface area (Å²) in [5, 5.41) is 12.2. The van der Waals surface area contributed by atoms with Crippen molar-refractivity contribution >= 4 is 19.3 Å². The number of carbonyl (C=O) groups is 2. The highest BCUT2D eigenvalue weighted by Crippen LogP contribution is 2.38. The molecule has 0 spiro atoms. The van der Waals surface area contributed by atoms with Crippen LogP contribution in [0.25, 0.3) is 0 Å². The molecule has 0 saturated carbocycles. The maximum Gasteiger partial charge on any atom is 0.482 e. The van der Waals surface area contributed by atoms with Gasteiger partial charge in [-0.1, -0.05) is 30.3 Å². The van der Waals surface area contributed by atoms with E-state index in [1.54, 1.807) is 0 Å². The predicted molar refractivity (Wildman–Crippen MR) is 118 cm³/mol. The molecule has 2 atom stereocenters. The van der Waals surface area contributed by atoms with Crippen molar-refractivity contribution in [3.8, 4) is 0 Å². The van der Waals surface area contributed by atoms with Crippen LogP contribution < -0.4 is 5.32 Å². The summed E-state index contributed by atoms with van der Waals surface area (Å²) in [6, 6.07) is 9.43. The average Bonchev–Trinajstić information content (AvgIpc) is 2.97. The number of benzene rings is 1. The van der Waals surface area contributed by atoms with Crippen molar-refractivity contribution in [1.82, 2.24) is 10.2 Å². The van der Waals surface area contributed by atoms with Crippen LogP contribution in [0.4, 0.5) is 9.59 Å². The second-order valence-corrected chi connectivity index (χ2v) is 9.20. The minimum absolute atomic E-state index is 0.0904. The first-order valence-corrected chi connectivity index (χ1v) is 11.0. The van der Waals surface area contributed by atoms with E-state index in [-0.39, 0.29) is 19.8 Å². The molecular formula is C22H33BN2O7. The zero-order chi connectivity index (χ0) is 23.4. The highest BCUT2D eigenvalue weighted by Gasteiger charge is 2.54. The van der Waals surface area contributed by atoms with Crippen LogP contribution in [0, 0.1) is 0 Å². The van der Waals surface area contributed by atoms with Gasteiger partial charge in [0.15, 0.2) is 0 Å². The van der Waals surface area contributed by atoms with Gasteiger partial charge in [0.05, 0.1) is 36.4 Å². The number of nitrogens with one attached hydrogen (secondary N) is 1. The molecule has 2 fully saturated rings. The molecule has 2 heterocycles. The Hall–Kier alpha value is -2.30. The van der Waals surface area contributed by atoms with E-state index in [2.05, 4.69) is 5.32 Å². The summed E-state index contributed by atoms with van der Waals surface area (Å²) < 4.78 is 23.0. The van der Waals surface area contributed by atoms with Gasteiger partial charge in [-0.05, 0) is 46.1 Å². The number of nitrogens with zero attached hydrogens (tertiary/aromatic N) is 1. The topological polar surface area (TPSA) is 107 Å². The van der Waals surface area contributed by atoms with Gasteiger partial charge in [0.1, 0.15) is 6.61 Å². The Balaban J connectivity index is 1.62. The van der Waals surface area contributed by atoms with Crippen molar-refractivity contribution in [2.75, 3.05) is 26.4 Å². The summed E-state index contributed by atoms with van der Waals surface area (Å²) in [5.41, 5.74) is 0.0753. The van der Waals surface area contributed by atoms with Crippen molar-refractivity contribution in [1.29, 1.82) is 0 Å². The zero-order valence-electron chi connectivity index (χ0n) is 19.2. The summed E-state index contributed by atoms with van der Waals surface area (Å²) in [5.74, 6) is -0.443. The fourth-order valence-electron chi connectivity index (χ4n) is 3.71. The third-order valence-electron chi connectivity index (χ3n) is 6.37. The molecule has 2 N–H and O–H groups in total. The summed E-state index contributed by atoms with van der Waals surface area (Å²) in [4.78, 5) is 25.2. The number of alkyl carbamates (subject to hydrolysis) is 1. The Morgan fingerprint density at radius 2 is 1.88 bits per heavy atom. The SMILES string of the molecule is CC1(C)OB([C@H](CCc2ccccc2)NC(=O)OC[C@H]2COCCN2C(=O)O)OC1(C)C. The van der Waals surface area contributed by atoms with Crippen LogP contribution in [-0.2, 0) is 25.2 Å². The quantitative estimate of drug-likeness (QED) is 0.618. The predicted octanol–water partition coefficient (Wildman–Crippen LogP) is 2.72. The standard InChI is InChI=1S/C22H33BN2O7/c1-21(2)22(3,4)32-23(31-21)18(11-10-16-8-6-5-7-9-16)24-19(26)30-15-17-14-29-13-12-25(17)20(27)28/h5-9,17-18H,10-15H2,1-4H3,(H,24,26)(H,27,28)/t17-,18+/m1/s1. The average molecular weight is 448 g/mol. The van der Waals surface area contributed by atoms with E-state index in [0.29, 0.717) is 13.0 Å². The molecule has 0 radical (unpaired) electrons. The fraction of sp³-hybridized carbons (Fsp3) is 0.636. The van der Waals surface area contributed by atoms with Crippen LogP contribution in [0.3, 0.4) is 0 Å². The first-order chi connectivity index (χ1) is 15.1. The number of rotatable bonds is 7. The maximum absolute atomic E-state index is 12.6. The molecule has 1 aromatic rings. The van der Waals surface area contributed by atoms with Crippen molar-refractivity contribution in [2.45, 2.75) is 63.7 Å². The van der Waals surface area contributed by atoms with Crippen LogP contribution in [0.5, 0.6) is 0 Å². The van der Waals surface area contributed by atoms with Gasteiger partial charge in [0.2, 0.25) is 0 Å². The van der Waals surface area contributed by atoms with Crippen LogP contribution in [0.1, 0.15) is 39.7 Å². The van der Waals surface area contributed by atoms with Gasteiger partial charge >= 0.3 is 19.3 Å². The molecule has 0 aromatic heterocycles. The molecule has 0 aliphatic carbocycles.